The quantitative estimate of drug-likeness (QED) is 0.554. The Kier molecular flexibility index (Phi) is 7.02. The van der Waals surface area contributed by atoms with Crippen molar-refractivity contribution >= 4 is 27.9 Å². The van der Waals surface area contributed by atoms with Crippen molar-refractivity contribution in [1.82, 2.24) is 4.31 Å². The van der Waals surface area contributed by atoms with Crippen LogP contribution in [0.25, 0.3) is 6.08 Å². The third kappa shape index (κ3) is 5.29. The van der Waals surface area contributed by atoms with E-state index < -0.39 is 22.1 Å². The average Bonchev–Trinajstić information content (AvgIpc) is 2.99. The highest BCUT2D eigenvalue weighted by Gasteiger charge is 2.26. The molecule has 1 aliphatic heterocycles. The summed E-state index contributed by atoms with van der Waals surface area (Å²) in [6, 6.07) is 6.46. The third-order valence-corrected chi connectivity index (χ3v) is 7.16. The average molecular weight is 406 g/mol. The Labute approximate surface area is 166 Å². The summed E-state index contributed by atoms with van der Waals surface area (Å²) in [5.41, 5.74) is 0.696. The number of Topliss-reactive ketones (excluding diaryl/α,β-unsaturated/α-hetero) is 1. The predicted molar refractivity (Wildman–Crippen MR) is 106 cm³/mol. The lowest BCUT2D eigenvalue weighted by molar-refractivity contribution is -0.152. The fraction of sp³-hybridized carbons (Fsp3) is 0.524. The van der Waals surface area contributed by atoms with Crippen LogP contribution in [0.3, 0.4) is 0 Å². The van der Waals surface area contributed by atoms with Crippen LogP contribution in [0, 0.1) is 0 Å². The number of hydrogen-bond donors (Lipinski definition) is 0. The molecule has 7 heteroatoms. The van der Waals surface area contributed by atoms with Gasteiger partial charge in [0, 0.05) is 25.6 Å². The molecule has 1 saturated heterocycles. The summed E-state index contributed by atoms with van der Waals surface area (Å²) < 4.78 is 32.3. The first-order chi connectivity index (χ1) is 13.5. The summed E-state index contributed by atoms with van der Waals surface area (Å²) in [4.78, 5) is 23.9. The van der Waals surface area contributed by atoms with Crippen molar-refractivity contribution in [2.75, 3.05) is 13.1 Å². The van der Waals surface area contributed by atoms with E-state index in [9.17, 15) is 18.0 Å². The molecule has 0 aromatic heterocycles. The molecule has 1 aromatic carbocycles. The Morgan fingerprint density at radius 3 is 2.32 bits per heavy atom. The van der Waals surface area contributed by atoms with E-state index in [1.807, 2.05) is 0 Å². The summed E-state index contributed by atoms with van der Waals surface area (Å²) in [6.07, 6.45) is 8.94. The van der Waals surface area contributed by atoms with Crippen molar-refractivity contribution in [2.24, 2.45) is 0 Å². The zero-order valence-corrected chi connectivity index (χ0v) is 16.8. The second-order valence-corrected chi connectivity index (χ2v) is 9.30. The van der Waals surface area contributed by atoms with E-state index in [1.54, 1.807) is 34.6 Å². The molecular weight excluding hydrogens is 378 g/mol. The first kappa shape index (κ1) is 20.7. The molecule has 0 bridgehead atoms. The largest absolute Gasteiger partial charge is 0.451 e. The number of ketones is 1. The molecule has 152 valence electrons. The van der Waals surface area contributed by atoms with E-state index in [0.29, 0.717) is 31.5 Å². The lowest BCUT2D eigenvalue weighted by atomic mass is 9.96. The van der Waals surface area contributed by atoms with Gasteiger partial charge in [0.15, 0.2) is 11.9 Å². The van der Waals surface area contributed by atoms with Crippen molar-refractivity contribution in [2.45, 2.75) is 62.4 Å². The second-order valence-electron chi connectivity index (χ2n) is 7.36. The maximum Gasteiger partial charge on any atom is 0.331 e. The van der Waals surface area contributed by atoms with Crippen molar-refractivity contribution < 1.29 is 22.7 Å². The molecule has 0 amide bonds. The molecule has 28 heavy (non-hydrogen) atoms. The fourth-order valence-electron chi connectivity index (χ4n) is 3.60. The number of sulfonamides is 1. The molecular formula is C21H27NO5S. The number of carbonyl (C=O) groups is 2. The van der Waals surface area contributed by atoms with Crippen molar-refractivity contribution in [3.63, 3.8) is 0 Å². The molecule has 0 N–H and O–H groups in total. The number of nitrogens with zero attached hydrogens (tertiary/aromatic N) is 1. The number of esters is 1. The first-order valence-electron chi connectivity index (χ1n) is 9.98. The van der Waals surface area contributed by atoms with Gasteiger partial charge in [0.05, 0.1) is 4.90 Å². The topological polar surface area (TPSA) is 80.8 Å². The number of benzene rings is 1. The molecule has 2 fully saturated rings. The lowest BCUT2D eigenvalue weighted by Crippen LogP contribution is -2.31. The maximum atomic E-state index is 12.8. The van der Waals surface area contributed by atoms with Crippen LogP contribution in [0.15, 0.2) is 35.2 Å². The van der Waals surface area contributed by atoms with Gasteiger partial charge in [0.25, 0.3) is 0 Å². The zero-order chi connectivity index (χ0) is 20.0. The molecule has 6 nitrogen and oxygen atoms in total. The van der Waals surface area contributed by atoms with Crippen LogP contribution in [0.1, 0.15) is 56.9 Å². The highest BCUT2D eigenvalue weighted by Crippen LogP contribution is 2.21. The van der Waals surface area contributed by atoms with E-state index in [-0.39, 0.29) is 10.7 Å². The van der Waals surface area contributed by atoms with Gasteiger partial charge >= 0.3 is 5.97 Å². The number of hydrogen-bond acceptors (Lipinski definition) is 5. The van der Waals surface area contributed by atoms with Crippen LogP contribution in [0.2, 0.25) is 0 Å². The van der Waals surface area contributed by atoms with Gasteiger partial charge in [-0.2, -0.15) is 4.31 Å². The monoisotopic (exact) mass is 405 g/mol. The molecule has 1 saturated carbocycles. The van der Waals surface area contributed by atoms with Crippen LogP contribution in [0.5, 0.6) is 0 Å². The third-order valence-electron chi connectivity index (χ3n) is 5.25. The summed E-state index contributed by atoms with van der Waals surface area (Å²) >= 11 is 0. The highest BCUT2D eigenvalue weighted by atomic mass is 32.2. The normalized spacial score (nSPS) is 22.1. The Balaban J connectivity index is 1.61. The van der Waals surface area contributed by atoms with E-state index >= 15 is 0 Å². The second kappa shape index (κ2) is 9.47. The van der Waals surface area contributed by atoms with Crippen LogP contribution < -0.4 is 0 Å². The van der Waals surface area contributed by atoms with Gasteiger partial charge in [0.2, 0.25) is 10.0 Å². The molecule has 0 unspecified atom stereocenters. The molecule has 1 aliphatic carbocycles. The molecule has 3 rings (SSSR count). The summed E-state index contributed by atoms with van der Waals surface area (Å²) in [6.45, 7) is 1.13. The predicted octanol–water partition coefficient (Wildman–Crippen LogP) is 3.32. The van der Waals surface area contributed by atoms with E-state index in [0.717, 1.165) is 38.5 Å². The van der Waals surface area contributed by atoms with Gasteiger partial charge in [-0.05, 0) is 55.9 Å². The maximum absolute atomic E-state index is 12.8. The van der Waals surface area contributed by atoms with E-state index in [2.05, 4.69) is 0 Å². The van der Waals surface area contributed by atoms with Gasteiger partial charge in [-0.25, -0.2) is 13.2 Å². The van der Waals surface area contributed by atoms with Crippen LogP contribution in [-0.4, -0.2) is 43.7 Å². The standard InChI is InChI=1S/C21H27NO5S/c23-19-7-3-4-8-20(19)27-21(24)14-11-17-9-12-18(13-10-17)28(25,26)22-15-5-1-2-6-16-22/h9-14,20H,1-8,15-16H2/b14-11+/t20-/m1/s1. The van der Waals surface area contributed by atoms with Crippen LogP contribution in [-0.2, 0) is 24.3 Å². The van der Waals surface area contributed by atoms with Crippen LogP contribution >= 0.6 is 0 Å². The lowest BCUT2D eigenvalue weighted by Gasteiger charge is -2.20. The molecule has 1 aromatic rings. The summed E-state index contributed by atoms with van der Waals surface area (Å²) in [5.74, 6) is -0.572. The molecule has 0 spiro atoms. The highest BCUT2D eigenvalue weighted by molar-refractivity contribution is 7.89. The minimum atomic E-state index is -3.48. The van der Waals surface area contributed by atoms with Gasteiger partial charge < -0.3 is 4.74 Å². The zero-order valence-electron chi connectivity index (χ0n) is 16.0. The first-order valence-corrected chi connectivity index (χ1v) is 11.4. The number of carbonyl (C=O) groups excluding carboxylic acids is 2. The van der Waals surface area contributed by atoms with Gasteiger partial charge in [-0.15, -0.1) is 0 Å². The summed E-state index contributed by atoms with van der Waals surface area (Å²) in [5, 5.41) is 0. The minimum absolute atomic E-state index is 0.0175. The Bertz CT molecular complexity index is 821. The van der Waals surface area contributed by atoms with E-state index in [1.165, 1.54) is 6.08 Å². The Morgan fingerprint density at radius 1 is 1.00 bits per heavy atom. The van der Waals surface area contributed by atoms with Gasteiger partial charge in [-0.1, -0.05) is 25.0 Å². The molecule has 1 heterocycles. The van der Waals surface area contributed by atoms with Crippen molar-refractivity contribution in [1.29, 1.82) is 0 Å². The van der Waals surface area contributed by atoms with Crippen molar-refractivity contribution in [3.8, 4) is 0 Å². The van der Waals surface area contributed by atoms with Gasteiger partial charge in [0.1, 0.15) is 0 Å². The number of ether oxygens (including phenoxy) is 1. The Hall–Kier alpha value is -1.99. The smallest absolute Gasteiger partial charge is 0.331 e. The van der Waals surface area contributed by atoms with E-state index in [4.69, 9.17) is 4.74 Å². The van der Waals surface area contributed by atoms with Crippen molar-refractivity contribution in [3.05, 3.63) is 35.9 Å². The SMILES string of the molecule is O=C(/C=C/c1ccc(S(=O)(=O)N2CCCCCC2)cc1)O[C@@H]1CCCCC1=O. The molecule has 2 aliphatic rings. The van der Waals surface area contributed by atoms with Gasteiger partial charge in [-0.3, -0.25) is 4.79 Å². The van der Waals surface area contributed by atoms with Crippen LogP contribution in [0.4, 0.5) is 0 Å². The molecule has 0 radical (unpaired) electrons. The minimum Gasteiger partial charge on any atom is -0.451 e. The fourth-order valence-corrected chi connectivity index (χ4v) is 5.12. The summed E-state index contributed by atoms with van der Waals surface area (Å²) in [7, 11) is -3.48. The Morgan fingerprint density at radius 2 is 1.68 bits per heavy atom. The molecule has 1 atom stereocenters. The number of rotatable bonds is 5.